The minimum atomic E-state index is -0.269. The van der Waals surface area contributed by atoms with Crippen LogP contribution >= 0.6 is 23.1 Å². The third-order valence-corrected chi connectivity index (χ3v) is 3.43. The van der Waals surface area contributed by atoms with Crippen molar-refractivity contribution < 1.29 is 4.79 Å². The van der Waals surface area contributed by atoms with E-state index in [1.807, 2.05) is 6.92 Å². The van der Waals surface area contributed by atoms with Gasteiger partial charge in [0.15, 0.2) is 0 Å². The molecule has 3 N–H and O–H groups in total. The van der Waals surface area contributed by atoms with Gasteiger partial charge in [0.25, 0.3) is 5.91 Å². The number of amides is 1. The van der Waals surface area contributed by atoms with Gasteiger partial charge in [-0.1, -0.05) is 23.0 Å². The van der Waals surface area contributed by atoms with E-state index in [2.05, 4.69) is 14.9 Å². The Morgan fingerprint density at radius 2 is 2.33 bits per heavy atom. The number of carbonyl (C=O) groups excluding carboxylic acids is 1. The monoisotopic (exact) mass is 282 g/mol. The van der Waals surface area contributed by atoms with Crippen LogP contribution in [-0.2, 0) is 6.42 Å². The molecule has 2 aromatic rings. The van der Waals surface area contributed by atoms with Crippen LogP contribution in [0.3, 0.4) is 0 Å². The lowest BCUT2D eigenvalue weighted by atomic mass is 10.2. The van der Waals surface area contributed by atoms with Gasteiger partial charge in [-0.3, -0.25) is 4.79 Å². The summed E-state index contributed by atoms with van der Waals surface area (Å²) in [7, 11) is 0. The molecule has 0 saturated carbocycles. The Morgan fingerprint density at radius 1 is 1.56 bits per heavy atom. The van der Waals surface area contributed by atoms with Crippen LogP contribution in [0.4, 0.5) is 11.4 Å². The summed E-state index contributed by atoms with van der Waals surface area (Å²) in [6, 6.07) is 4.92. The fourth-order valence-electron chi connectivity index (χ4n) is 1.43. The number of hydrogen-bond acceptors (Lipinski definition) is 5. The quantitative estimate of drug-likeness (QED) is 0.848. The number of halogens is 1. The number of hydrogen-bond donors (Lipinski definition) is 2. The third-order valence-electron chi connectivity index (χ3n) is 2.34. The molecule has 0 radical (unpaired) electrons. The summed E-state index contributed by atoms with van der Waals surface area (Å²) in [5.41, 5.74) is 7.34. The van der Waals surface area contributed by atoms with Gasteiger partial charge in [0.2, 0.25) is 0 Å². The number of nitrogen functional groups attached to an aromatic ring is 1. The highest BCUT2D eigenvalue weighted by Crippen LogP contribution is 2.25. The molecule has 1 aromatic carbocycles. The molecule has 0 spiro atoms. The van der Waals surface area contributed by atoms with Crippen molar-refractivity contribution in [2.24, 2.45) is 0 Å². The predicted molar refractivity (Wildman–Crippen MR) is 73.1 cm³/mol. The predicted octanol–water partition coefficient (Wildman–Crippen LogP) is 2.59. The van der Waals surface area contributed by atoms with Crippen molar-refractivity contribution in [2.45, 2.75) is 13.3 Å². The Kier molecular flexibility index (Phi) is 3.78. The number of nitrogens with zero attached hydrogens (tertiary/aromatic N) is 2. The van der Waals surface area contributed by atoms with Crippen LogP contribution in [0, 0.1) is 0 Å². The molecule has 0 fully saturated rings. The Hall–Kier alpha value is -1.66. The highest BCUT2D eigenvalue weighted by atomic mass is 35.5. The van der Waals surface area contributed by atoms with E-state index in [0.717, 1.165) is 11.5 Å². The first-order valence-corrected chi connectivity index (χ1v) is 6.44. The molecule has 0 atom stereocenters. The highest BCUT2D eigenvalue weighted by molar-refractivity contribution is 7.08. The van der Waals surface area contributed by atoms with Gasteiger partial charge in [-0.05, 0) is 36.2 Å². The molecule has 0 aliphatic carbocycles. The molecule has 1 aromatic heterocycles. The Morgan fingerprint density at radius 3 is 3.06 bits per heavy atom. The van der Waals surface area contributed by atoms with Crippen LogP contribution in [-0.4, -0.2) is 15.5 Å². The lowest BCUT2D eigenvalue weighted by Gasteiger charge is -2.07. The summed E-state index contributed by atoms with van der Waals surface area (Å²) >= 11 is 7.04. The van der Waals surface area contributed by atoms with E-state index in [1.54, 1.807) is 18.2 Å². The van der Waals surface area contributed by atoms with E-state index in [4.69, 9.17) is 17.3 Å². The second kappa shape index (κ2) is 5.32. The van der Waals surface area contributed by atoms with Crippen molar-refractivity contribution in [1.29, 1.82) is 0 Å². The normalized spacial score (nSPS) is 10.3. The van der Waals surface area contributed by atoms with Crippen LogP contribution in [0.2, 0.25) is 5.02 Å². The maximum Gasteiger partial charge on any atom is 0.269 e. The highest BCUT2D eigenvalue weighted by Gasteiger charge is 2.16. The first kappa shape index (κ1) is 12.8. The maximum absolute atomic E-state index is 12.0. The Bertz CT molecular complexity index is 584. The molecule has 0 unspecified atom stereocenters. The zero-order valence-corrected chi connectivity index (χ0v) is 11.2. The summed E-state index contributed by atoms with van der Waals surface area (Å²) in [5, 5.41) is 7.03. The molecule has 0 aliphatic heterocycles. The Balaban J connectivity index is 2.24. The number of nitrogens with two attached hydrogens (primary N) is 1. The number of carbonyl (C=O) groups is 1. The maximum atomic E-state index is 12.0. The minimum absolute atomic E-state index is 0.269. The third kappa shape index (κ3) is 2.60. The molecular formula is C11H11ClN4OS. The van der Waals surface area contributed by atoms with Gasteiger partial charge in [0.05, 0.1) is 16.4 Å². The van der Waals surface area contributed by atoms with Crippen molar-refractivity contribution in [3.63, 3.8) is 0 Å². The first-order valence-electron chi connectivity index (χ1n) is 5.29. The van der Waals surface area contributed by atoms with Crippen LogP contribution in [0.5, 0.6) is 0 Å². The largest absolute Gasteiger partial charge is 0.399 e. The SMILES string of the molecule is CCc1nnsc1C(=O)Nc1cc(N)ccc1Cl. The summed E-state index contributed by atoms with van der Waals surface area (Å²) in [5.74, 6) is -0.269. The molecule has 0 bridgehead atoms. The molecular weight excluding hydrogens is 272 g/mol. The lowest BCUT2D eigenvalue weighted by molar-refractivity contribution is 0.102. The molecule has 7 heteroatoms. The van der Waals surface area contributed by atoms with Crippen LogP contribution in [0.1, 0.15) is 22.3 Å². The molecule has 1 heterocycles. The molecule has 2 rings (SSSR count). The van der Waals surface area contributed by atoms with E-state index < -0.39 is 0 Å². The van der Waals surface area contributed by atoms with Crippen molar-refractivity contribution in [3.05, 3.63) is 33.8 Å². The molecule has 18 heavy (non-hydrogen) atoms. The van der Waals surface area contributed by atoms with Crippen molar-refractivity contribution in [1.82, 2.24) is 9.59 Å². The van der Waals surface area contributed by atoms with Gasteiger partial charge in [-0.25, -0.2) is 0 Å². The summed E-state index contributed by atoms with van der Waals surface area (Å²) < 4.78 is 3.77. The van der Waals surface area contributed by atoms with E-state index >= 15 is 0 Å². The second-order valence-corrected chi connectivity index (χ2v) is 4.76. The molecule has 5 nitrogen and oxygen atoms in total. The average molecular weight is 283 g/mol. The molecule has 0 aliphatic rings. The van der Waals surface area contributed by atoms with E-state index in [0.29, 0.717) is 33.4 Å². The van der Waals surface area contributed by atoms with Gasteiger partial charge >= 0.3 is 0 Å². The smallest absolute Gasteiger partial charge is 0.269 e. The number of aryl methyl sites for hydroxylation is 1. The van der Waals surface area contributed by atoms with Crippen molar-refractivity contribution in [3.8, 4) is 0 Å². The fraction of sp³-hybridized carbons (Fsp3) is 0.182. The molecule has 0 saturated heterocycles. The number of benzene rings is 1. The van der Waals surface area contributed by atoms with Crippen LogP contribution in [0.15, 0.2) is 18.2 Å². The second-order valence-electron chi connectivity index (χ2n) is 3.60. The van der Waals surface area contributed by atoms with Gasteiger partial charge in [0.1, 0.15) is 4.88 Å². The number of nitrogens with one attached hydrogen (secondary N) is 1. The summed E-state index contributed by atoms with van der Waals surface area (Å²) in [6.07, 6.45) is 0.657. The molecule has 1 amide bonds. The van der Waals surface area contributed by atoms with Gasteiger partial charge in [-0.15, -0.1) is 5.10 Å². The topological polar surface area (TPSA) is 80.9 Å². The lowest BCUT2D eigenvalue weighted by Crippen LogP contribution is -2.12. The van der Waals surface area contributed by atoms with Gasteiger partial charge in [0, 0.05) is 5.69 Å². The minimum Gasteiger partial charge on any atom is -0.399 e. The van der Waals surface area contributed by atoms with Crippen molar-refractivity contribution >= 4 is 40.4 Å². The van der Waals surface area contributed by atoms with Crippen LogP contribution in [0.25, 0.3) is 0 Å². The zero-order chi connectivity index (χ0) is 13.1. The summed E-state index contributed by atoms with van der Waals surface area (Å²) in [6.45, 7) is 1.92. The average Bonchev–Trinajstić information content (AvgIpc) is 2.82. The molecule has 94 valence electrons. The van der Waals surface area contributed by atoms with E-state index in [-0.39, 0.29) is 5.91 Å². The number of aromatic nitrogens is 2. The van der Waals surface area contributed by atoms with Crippen LogP contribution < -0.4 is 11.1 Å². The van der Waals surface area contributed by atoms with Gasteiger partial charge < -0.3 is 11.1 Å². The first-order chi connectivity index (χ1) is 8.61. The number of rotatable bonds is 3. The van der Waals surface area contributed by atoms with Crippen molar-refractivity contribution in [2.75, 3.05) is 11.1 Å². The fourth-order valence-corrected chi connectivity index (χ4v) is 2.24. The van der Waals surface area contributed by atoms with Gasteiger partial charge in [-0.2, -0.15) is 0 Å². The van der Waals surface area contributed by atoms with E-state index in [1.165, 1.54) is 0 Å². The standard InChI is InChI=1S/C11H11ClN4OS/c1-2-8-10(18-16-15-8)11(17)14-9-5-6(13)3-4-7(9)12/h3-5H,2,13H2,1H3,(H,14,17). The zero-order valence-electron chi connectivity index (χ0n) is 9.61. The van der Waals surface area contributed by atoms with E-state index in [9.17, 15) is 4.79 Å². The summed E-state index contributed by atoms with van der Waals surface area (Å²) in [4.78, 5) is 12.5. The Labute approximate surface area is 113 Å². The number of anilines is 2.